The van der Waals surface area contributed by atoms with E-state index >= 15 is 0 Å². The Morgan fingerprint density at radius 3 is 2.48 bits per heavy atom. The van der Waals surface area contributed by atoms with E-state index in [1.54, 1.807) is 18.2 Å². The minimum atomic E-state index is -3.57. The molecule has 0 aliphatic carbocycles. The Balaban J connectivity index is 1.41. The lowest BCUT2D eigenvalue weighted by molar-refractivity contribution is 0.0845. The second kappa shape index (κ2) is 8.00. The molecule has 0 aromatic heterocycles. The van der Waals surface area contributed by atoms with E-state index in [9.17, 15) is 8.42 Å². The number of anilines is 1. The van der Waals surface area contributed by atoms with E-state index in [0.717, 1.165) is 42.8 Å². The number of nitrogens with zero attached hydrogens (tertiary/aromatic N) is 1. The van der Waals surface area contributed by atoms with Gasteiger partial charge in [0.15, 0.2) is 0 Å². The number of benzene rings is 2. The Labute approximate surface area is 174 Å². The van der Waals surface area contributed by atoms with Crippen LogP contribution in [0.15, 0.2) is 47.4 Å². The van der Waals surface area contributed by atoms with Gasteiger partial charge >= 0.3 is 0 Å². The van der Waals surface area contributed by atoms with E-state index < -0.39 is 10.0 Å². The molecular formula is C23H30N2O3S. The van der Waals surface area contributed by atoms with Gasteiger partial charge in [-0.25, -0.2) is 13.1 Å². The van der Waals surface area contributed by atoms with Gasteiger partial charge in [0.25, 0.3) is 0 Å². The minimum Gasteiger partial charge on any atom is -0.488 e. The summed E-state index contributed by atoms with van der Waals surface area (Å²) in [7, 11) is -3.57. The molecule has 29 heavy (non-hydrogen) atoms. The summed E-state index contributed by atoms with van der Waals surface area (Å²) < 4.78 is 34.2. The summed E-state index contributed by atoms with van der Waals surface area (Å²) in [5, 5.41) is 0. The third-order valence-corrected chi connectivity index (χ3v) is 7.25. The number of fused-ring (bicyclic) bond motifs is 1. The quantitative estimate of drug-likeness (QED) is 0.794. The van der Waals surface area contributed by atoms with Crippen molar-refractivity contribution in [2.75, 3.05) is 18.0 Å². The van der Waals surface area contributed by atoms with Crippen LogP contribution in [0.5, 0.6) is 5.75 Å². The summed E-state index contributed by atoms with van der Waals surface area (Å²) in [6, 6.07) is 13.3. The van der Waals surface area contributed by atoms with Crippen LogP contribution in [0.25, 0.3) is 0 Å². The molecule has 0 radical (unpaired) electrons. The molecule has 1 saturated heterocycles. The number of sulfonamides is 1. The molecule has 4 rings (SSSR count). The highest BCUT2D eigenvalue weighted by molar-refractivity contribution is 7.89. The summed E-state index contributed by atoms with van der Waals surface area (Å²) in [6.45, 7) is 6.59. The van der Waals surface area contributed by atoms with Crippen LogP contribution in [0.1, 0.15) is 50.7 Å². The highest BCUT2D eigenvalue weighted by Crippen LogP contribution is 2.34. The van der Waals surface area contributed by atoms with Crippen LogP contribution in [-0.2, 0) is 23.0 Å². The first kappa shape index (κ1) is 20.2. The van der Waals surface area contributed by atoms with E-state index in [0.29, 0.717) is 4.90 Å². The smallest absolute Gasteiger partial charge is 0.240 e. The van der Waals surface area contributed by atoms with E-state index in [1.807, 2.05) is 12.1 Å². The highest BCUT2D eigenvalue weighted by Gasteiger charge is 2.27. The van der Waals surface area contributed by atoms with Crippen molar-refractivity contribution in [2.45, 2.75) is 63.0 Å². The normalized spacial score (nSPS) is 18.8. The topological polar surface area (TPSA) is 58.6 Å². The molecule has 1 fully saturated rings. The molecule has 1 N–H and O–H groups in total. The number of hydrogen-bond acceptors (Lipinski definition) is 4. The van der Waals surface area contributed by atoms with Gasteiger partial charge in [0.05, 0.1) is 4.90 Å². The molecule has 156 valence electrons. The van der Waals surface area contributed by atoms with Gasteiger partial charge in [-0.15, -0.1) is 0 Å². The standard InChI is InChI=1S/C23H30N2O3S/c1-23(2)13-12-19-16-21(10-11-22(19)28-23)29(26,27)24-17-18-6-8-20(9-7-18)25-14-4-3-5-15-25/h6-11,16,24H,3-5,12-15,17H2,1-2H3. The molecule has 0 spiro atoms. The zero-order chi connectivity index (χ0) is 20.5. The van der Waals surface area contributed by atoms with Crippen molar-refractivity contribution in [1.82, 2.24) is 4.72 Å². The maximum Gasteiger partial charge on any atom is 0.240 e. The number of ether oxygens (including phenoxy) is 1. The van der Waals surface area contributed by atoms with Crippen molar-refractivity contribution < 1.29 is 13.2 Å². The molecule has 0 saturated carbocycles. The lowest BCUT2D eigenvalue weighted by atomic mass is 9.94. The van der Waals surface area contributed by atoms with E-state index in [1.165, 1.54) is 24.9 Å². The van der Waals surface area contributed by atoms with Gasteiger partial charge in [-0.1, -0.05) is 12.1 Å². The average molecular weight is 415 g/mol. The molecule has 0 unspecified atom stereocenters. The maximum absolute atomic E-state index is 12.8. The largest absolute Gasteiger partial charge is 0.488 e. The minimum absolute atomic E-state index is 0.202. The third-order valence-electron chi connectivity index (χ3n) is 5.85. The summed E-state index contributed by atoms with van der Waals surface area (Å²) >= 11 is 0. The molecule has 5 nitrogen and oxygen atoms in total. The number of piperidine rings is 1. The van der Waals surface area contributed by atoms with Crippen molar-refractivity contribution in [2.24, 2.45) is 0 Å². The zero-order valence-electron chi connectivity index (χ0n) is 17.3. The molecule has 0 atom stereocenters. The lowest BCUT2D eigenvalue weighted by Crippen LogP contribution is -2.32. The molecule has 2 aliphatic rings. The van der Waals surface area contributed by atoms with Gasteiger partial charge in [-0.05, 0) is 87.4 Å². The molecule has 0 bridgehead atoms. The second-order valence-electron chi connectivity index (χ2n) is 8.67. The zero-order valence-corrected chi connectivity index (χ0v) is 18.1. The van der Waals surface area contributed by atoms with Gasteiger partial charge < -0.3 is 9.64 Å². The van der Waals surface area contributed by atoms with Gasteiger partial charge in [-0.2, -0.15) is 0 Å². The van der Waals surface area contributed by atoms with E-state index in [2.05, 4.69) is 35.6 Å². The molecular weight excluding hydrogens is 384 g/mol. The number of nitrogens with one attached hydrogen (secondary N) is 1. The summed E-state index contributed by atoms with van der Waals surface area (Å²) in [6.07, 6.45) is 5.49. The van der Waals surface area contributed by atoms with Gasteiger partial charge in [0.2, 0.25) is 10.0 Å². The van der Waals surface area contributed by atoms with Gasteiger partial charge in [-0.3, -0.25) is 0 Å². The van der Waals surface area contributed by atoms with Crippen molar-refractivity contribution in [3.8, 4) is 5.75 Å². The van der Waals surface area contributed by atoms with Crippen LogP contribution in [0, 0.1) is 0 Å². The summed E-state index contributed by atoms with van der Waals surface area (Å²) in [5.74, 6) is 0.786. The van der Waals surface area contributed by atoms with Crippen molar-refractivity contribution in [1.29, 1.82) is 0 Å². The Kier molecular flexibility index (Phi) is 5.58. The first-order valence-electron chi connectivity index (χ1n) is 10.5. The van der Waals surface area contributed by atoms with Gasteiger partial charge in [0.1, 0.15) is 11.4 Å². The van der Waals surface area contributed by atoms with Gasteiger partial charge in [0, 0.05) is 25.3 Å². The number of hydrogen-bond donors (Lipinski definition) is 1. The van der Waals surface area contributed by atoms with Crippen molar-refractivity contribution >= 4 is 15.7 Å². The van der Waals surface area contributed by atoms with Crippen molar-refractivity contribution in [3.63, 3.8) is 0 Å². The fraction of sp³-hybridized carbons (Fsp3) is 0.478. The second-order valence-corrected chi connectivity index (χ2v) is 10.4. The predicted molar refractivity (Wildman–Crippen MR) is 116 cm³/mol. The lowest BCUT2D eigenvalue weighted by Gasteiger charge is -2.32. The van der Waals surface area contributed by atoms with E-state index in [-0.39, 0.29) is 12.1 Å². The molecule has 6 heteroatoms. The maximum atomic E-state index is 12.8. The van der Waals surface area contributed by atoms with Crippen molar-refractivity contribution in [3.05, 3.63) is 53.6 Å². The first-order chi connectivity index (χ1) is 13.8. The van der Waals surface area contributed by atoms with Crippen LogP contribution in [0.3, 0.4) is 0 Å². The molecule has 2 heterocycles. The van der Waals surface area contributed by atoms with Crippen LogP contribution in [0.2, 0.25) is 0 Å². The third kappa shape index (κ3) is 4.75. The first-order valence-corrected chi connectivity index (χ1v) is 12.0. The summed E-state index contributed by atoms with van der Waals surface area (Å²) in [4.78, 5) is 2.69. The summed E-state index contributed by atoms with van der Waals surface area (Å²) in [5.41, 5.74) is 2.93. The molecule has 0 amide bonds. The Hall–Kier alpha value is -2.05. The van der Waals surface area contributed by atoms with Crippen LogP contribution in [-0.4, -0.2) is 27.1 Å². The van der Waals surface area contributed by atoms with Crippen LogP contribution in [0.4, 0.5) is 5.69 Å². The monoisotopic (exact) mass is 414 g/mol. The Morgan fingerprint density at radius 2 is 1.76 bits per heavy atom. The van der Waals surface area contributed by atoms with Crippen LogP contribution >= 0.6 is 0 Å². The number of aryl methyl sites for hydroxylation is 1. The molecule has 2 aromatic carbocycles. The fourth-order valence-electron chi connectivity index (χ4n) is 4.04. The predicted octanol–water partition coefficient (Wildman–Crippen LogP) is 4.26. The average Bonchev–Trinajstić information content (AvgIpc) is 2.72. The SMILES string of the molecule is CC1(C)CCc2cc(S(=O)(=O)NCc3ccc(N4CCCCC4)cc3)ccc2O1. The number of rotatable bonds is 5. The molecule has 2 aromatic rings. The fourth-order valence-corrected chi connectivity index (χ4v) is 5.11. The Morgan fingerprint density at radius 1 is 1.03 bits per heavy atom. The van der Waals surface area contributed by atoms with E-state index in [4.69, 9.17) is 4.74 Å². The Bertz CT molecular complexity index is 962. The highest BCUT2D eigenvalue weighted by atomic mass is 32.2. The molecule has 2 aliphatic heterocycles. The van der Waals surface area contributed by atoms with Crippen LogP contribution < -0.4 is 14.4 Å².